The van der Waals surface area contributed by atoms with Gasteiger partial charge in [-0.3, -0.25) is 0 Å². The molecule has 0 fully saturated rings. The van der Waals surface area contributed by atoms with E-state index < -0.39 is 12.1 Å². The number of carboxylic acids is 1. The molecule has 0 spiro atoms. The summed E-state index contributed by atoms with van der Waals surface area (Å²) < 4.78 is 5.47. The van der Waals surface area contributed by atoms with E-state index in [1.807, 2.05) is 30.3 Å². The molecule has 4 nitrogen and oxygen atoms in total. The van der Waals surface area contributed by atoms with E-state index in [1.165, 1.54) is 0 Å². The van der Waals surface area contributed by atoms with Crippen molar-refractivity contribution in [3.63, 3.8) is 0 Å². The highest BCUT2D eigenvalue weighted by Crippen LogP contribution is 2.23. The van der Waals surface area contributed by atoms with Gasteiger partial charge < -0.3 is 9.84 Å². The third kappa shape index (κ3) is 2.70. The van der Waals surface area contributed by atoms with Crippen LogP contribution in [0.3, 0.4) is 0 Å². The highest BCUT2D eigenvalue weighted by atomic mass is 16.5. The Hall–Kier alpha value is -1.84. The van der Waals surface area contributed by atoms with Crippen molar-refractivity contribution in [2.45, 2.75) is 32.4 Å². The normalized spacial score (nSPS) is 22.7. The van der Waals surface area contributed by atoms with Gasteiger partial charge in [0.25, 0.3) is 0 Å². The quantitative estimate of drug-likeness (QED) is 0.888. The van der Waals surface area contributed by atoms with Gasteiger partial charge in [0, 0.05) is 5.56 Å². The number of rotatable bonds is 4. The average Bonchev–Trinajstić information content (AvgIpc) is 2.73. The zero-order chi connectivity index (χ0) is 13.1. The molecule has 0 saturated carbocycles. The second-order valence-corrected chi connectivity index (χ2v) is 4.87. The summed E-state index contributed by atoms with van der Waals surface area (Å²) in [6.45, 7) is 4.10. The topological polar surface area (TPSA) is 58.9 Å². The van der Waals surface area contributed by atoms with E-state index in [9.17, 15) is 4.79 Å². The Balaban J connectivity index is 2.21. The molecule has 96 valence electrons. The van der Waals surface area contributed by atoms with E-state index in [0.29, 0.717) is 18.2 Å². The maximum absolute atomic E-state index is 11.2. The Morgan fingerprint density at radius 3 is 2.61 bits per heavy atom. The molecule has 1 aliphatic heterocycles. The Morgan fingerprint density at radius 2 is 2.06 bits per heavy atom. The van der Waals surface area contributed by atoms with Gasteiger partial charge in [0.2, 0.25) is 12.0 Å². The Morgan fingerprint density at radius 1 is 1.39 bits per heavy atom. The fourth-order valence-electron chi connectivity index (χ4n) is 2.05. The molecule has 1 heterocycles. The number of ether oxygens (including phenoxy) is 1. The second kappa shape index (κ2) is 5.21. The summed E-state index contributed by atoms with van der Waals surface area (Å²) in [6, 6.07) is 9.11. The summed E-state index contributed by atoms with van der Waals surface area (Å²) in [4.78, 5) is 15.6. The fraction of sp³-hybridized carbons (Fsp3) is 0.429. The van der Waals surface area contributed by atoms with Crippen LogP contribution in [-0.2, 0) is 9.53 Å². The van der Waals surface area contributed by atoms with Crippen LogP contribution in [0.4, 0.5) is 0 Å². The Labute approximate surface area is 106 Å². The van der Waals surface area contributed by atoms with Gasteiger partial charge >= 0.3 is 5.97 Å². The van der Waals surface area contributed by atoms with Crippen molar-refractivity contribution in [3.05, 3.63) is 35.9 Å². The van der Waals surface area contributed by atoms with Crippen molar-refractivity contribution < 1.29 is 14.6 Å². The van der Waals surface area contributed by atoms with Crippen molar-refractivity contribution in [1.29, 1.82) is 0 Å². The number of hydrogen-bond donors (Lipinski definition) is 1. The number of carbonyl (C=O) groups is 1. The fourth-order valence-corrected chi connectivity index (χ4v) is 2.05. The van der Waals surface area contributed by atoms with Crippen molar-refractivity contribution >= 4 is 11.9 Å². The molecule has 0 aliphatic carbocycles. The number of hydrogen-bond acceptors (Lipinski definition) is 3. The maximum Gasteiger partial charge on any atom is 0.347 e. The van der Waals surface area contributed by atoms with Crippen LogP contribution in [0.5, 0.6) is 0 Å². The van der Waals surface area contributed by atoms with E-state index in [-0.39, 0.29) is 6.04 Å². The lowest BCUT2D eigenvalue weighted by Gasteiger charge is -2.14. The van der Waals surface area contributed by atoms with Crippen molar-refractivity contribution in [2.24, 2.45) is 10.9 Å². The lowest BCUT2D eigenvalue weighted by atomic mass is 10.0. The third-order valence-electron chi connectivity index (χ3n) is 2.85. The predicted molar refractivity (Wildman–Crippen MR) is 68.7 cm³/mol. The maximum atomic E-state index is 11.2. The molecule has 0 amide bonds. The van der Waals surface area contributed by atoms with Gasteiger partial charge in [-0.15, -0.1) is 0 Å². The first kappa shape index (κ1) is 12.6. The zero-order valence-corrected chi connectivity index (χ0v) is 10.5. The third-order valence-corrected chi connectivity index (χ3v) is 2.85. The average molecular weight is 247 g/mol. The smallest absolute Gasteiger partial charge is 0.347 e. The van der Waals surface area contributed by atoms with E-state index >= 15 is 0 Å². The summed E-state index contributed by atoms with van der Waals surface area (Å²) in [5.74, 6) is -0.122. The molecule has 0 radical (unpaired) electrons. The van der Waals surface area contributed by atoms with Crippen LogP contribution in [0.2, 0.25) is 0 Å². The molecule has 4 heteroatoms. The summed E-state index contributed by atoms with van der Waals surface area (Å²) in [7, 11) is 0. The molecule has 1 N–H and O–H groups in total. The van der Waals surface area contributed by atoms with Crippen molar-refractivity contribution in [3.8, 4) is 0 Å². The first-order valence-electron chi connectivity index (χ1n) is 6.10. The molecular weight excluding hydrogens is 230 g/mol. The summed E-state index contributed by atoms with van der Waals surface area (Å²) >= 11 is 0. The molecule has 1 aliphatic rings. The molecule has 1 aromatic rings. The van der Waals surface area contributed by atoms with Gasteiger partial charge in [0.1, 0.15) is 6.04 Å². The molecule has 2 rings (SSSR count). The molecule has 1 aromatic carbocycles. The molecule has 0 unspecified atom stereocenters. The number of aliphatic imine (C=N–C) groups is 1. The Kier molecular flexibility index (Phi) is 3.65. The van der Waals surface area contributed by atoms with Gasteiger partial charge in [-0.05, 0) is 24.5 Å². The van der Waals surface area contributed by atoms with Crippen LogP contribution < -0.4 is 0 Å². The van der Waals surface area contributed by atoms with E-state index in [4.69, 9.17) is 9.84 Å². The van der Waals surface area contributed by atoms with Gasteiger partial charge in [0.05, 0.1) is 0 Å². The summed E-state index contributed by atoms with van der Waals surface area (Å²) in [5, 5.41) is 9.16. The van der Waals surface area contributed by atoms with Crippen LogP contribution >= 0.6 is 0 Å². The predicted octanol–water partition coefficient (Wildman–Crippen LogP) is 2.33. The lowest BCUT2D eigenvalue weighted by Crippen LogP contribution is -2.32. The lowest BCUT2D eigenvalue weighted by molar-refractivity contribution is -0.145. The number of nitrogens with zero attached hydrogens (tertiary/aromatic N) is 1. The minimum Gasteiger partial charge on any atom is -0.478 e. The van der Waals surface area contributed by atoms with Crippen LogP contribution in [-0.4, -0.2) is 29.1 Å². The zero-order valence-electron chi connectivity index (χ0n) is 10.5. The number of aliphatic carboxylic acids is 1. The summed E-state index contributed by atoms with van der Waals surface area (Å²) in [6.07, 6.45) is -0.143. The van der Waals surface area contributed by atoms with Gasteiger partial charge in [-0.1, -0.05) is 32.0 Å². The number of benzene rings is 1. The molecule has 0 aromatic heterocycles. The summed E-state index contributed by atoms with van der Waals surface area (Å²) in [5.41, 5.74) is 0.829. The SMILES string of the molecule is CC(C)C[C@@H]1N=C(c2ccccc2)O[C@H]1C(=O)O. The van der Waals surface area contributed by atoms with Crippen LogP contribution in [0.15, 0.2) is 35.3 Å². The second-order valence-electron chi connectivity index (χ2n) is 4.87. The first-order valence-corrected chi connectivity index (χ1v) is 6.10. The molecule has 2 atom stereocenters. The van der Waals surface area contributed by atoms with Crippen molar-refractivity contribution in [2.75, 3.05) is 0 Å². The van der Waals surface area contributed by atoms with E-state index in [2.05, 4.69) is 18.8 Å². The van der Waals surface area contributed by atoms with Crippen LogP contribution in [0, 0.1) is 5.92 Å². The van der Waals surface area contributed by atoms with Gasteiger partial charge in [0.15, 0.2) is 0 Å². The first-order chi connectivity index (χ1) is 8.58. The largest absolute Gasteiger partial charge is 0.478 e. The molecule has 0 saturated heterocycles. The highest BCUT2D eigenvalue weighted by molar-refractivity contribution is 5.97. The standard InChI is InChI=1S/C14H17NO3/c1-9(2)8-11-12(14(16)17)18-13(15-11)10-6-4-3-5-7-10/h3-7,9,11-12H,8H2,1-2H3,(H,16,17)/t11-,12+/m0/s1. The highest BCUT2D eigenvalue weighted by Gasteiger charge is 2.37. The number of carboxylic acid groups (broad SMARTS) is 1. The van der Waals surface area contributed by atoms with Crippen LogP contribution in [0.1, 0.15) is 25.8 Å². The van der Waals surface area contributed by atoms with Crippen molar-refractivity contribution in [1.82, 2.24) is 0 Å². The molecule has 0 bridgehead atoms. The Bertz CT molecular complexity index is 453. The van der Waals surface area contributed by atoms with Gasteiger partial charge in [-0.25, -0.2) is 9.79 Å². The molecular formula is C14H17NO3. The minimum atomic E-state index is -0.949. The minimum absolute atomic E-state index is 0.294. The van der Waals surface area contributed by atoms with Gasteiger partial charge in [-0.2, -0.15) is 0 Å². The molecule has 18 heavy (non-hydrogen) atoms. The van der Waals surface area contributed by atoms with E-state index in [1.54, 1.807) is 0 Å². The van der Waals surface area contributed by atoms with Crippen LogP contribution in [0.25, 0.3) is 0 Å². The van der Waals surface area contributed by atoms with E-state index in [0.717, 1.165) is 5.56 Å². The monoisotopic (exact) mass is 247 g/mol.